The number of benzene rings is 2. The van der Waals surface area contributed by atoms with Crippen molar-refractivity contribution < 1.29 is 21.9 Å². The number of halogens is 2. The molecule has 1 aliphatic rings. The van der Waals surface area contributed by atoms with Crippen LogP contribution in [0.3, 0.4) is 0 Å². The Labute approximate surface area is 158 Å². The van der Waals surface area contributed by atoms with Gasteiger partial charge in [0.1, 0.15) is 12.4 Å². The first kappa shape index (κ1) is 19.3. The molecule has 1 unspecified atom stereocenters. The van der Waals surface area contributed by atoms with Crippen LogP contribution in [0.5, 0.6) is 5.75 Å². The van der Waals surface area contributed by atoms with Gasteiger partial charge in [0.25, 0.3) is 0 Å². The van der Waals surface area contributed by atoms with E-state index in [1.807, 2.05) is 30.3 Å². The first-order valence-corrected chi connectivity index (χ1v) is 8.88. The maximum absolute atomic E-state index is 6.01. The Hall–Kier alpha value is -1.07. The van der Waals surface area contributed by atoms with E-state index < -0.39 is 0 Å². The molecule has 0 aliphatic carbocycles. The maximum Gasteiger partial charge on any atom is 0.124 e. The molecule has 0 amide bonds. The second-order valence-corrected chi connectivity index (χ2v) is 6.71. The van der Waals surface area contributed by atoms with E-state index in [2.05, 4.69) is 39.4 Å². The summed E-state index contributed by atoms with van der Waals surface area (Å²) in [6.07, 6.45) is 2.69. The van der Waals surface area contributed by atoms with E-state index in [0.29, 0.717) is 12.7 Å². The summed E-state index contributed by atoms with van der Waals surface area (Å²) < 4.78 is 12.7. The van der Waals surface area contributed by atoms with Crippen LogP contribution in [0.25, 0.3) is 0 Å². The van der Waals surface area contributed by atoms with Crippen LogP contribution in [0.1, 0.15) is 24.0 Å². The summed E-state index contributed by atoms with van der Waals surface area (Å²) in [7, 11) is 0. The molecule has 2 aromatic carbocycles. The van der Waals surface area contributed by atoms with Gasteiger partial charge in [-0.2, -0.15) is 0 Å². The highest BCUT2D eigenvalue weighted by atomic mass is 79.9. The van der Waals surface area contributed by atoms with E-state index in [-0.39, 0.29) is 12.4 Å². The smallest absolute Gasteiger partial charge is 0.124 e. The van der Waals surface area contributed by atoms with Gasteiger partial charge in [0.2, 0.25) is 0 Å². The fourth-order valence-electron chi connectivity index (χ4n) is 2.74. The lowest BCUT2D eigenvalue weighted by Crippen LogP contribution is -3.00. The molecule has 1 saturated heterocycles. The van der Waals surface area contributed by atoms with Crippen molar-refractivity contribution in [2.75, 3.05) is 13.2 Å². The summed E-state index contributed by atoms with van der Waals surface area (Å²) in [4.78, 5) is 0. The van der Waals surface area contributed by atoms with Crippen LogP contribution in [0.4, 0.5) is 0 Å². The molecule has 3 rings (SSSR count). The van der Waals surface area contributed by atoms with Crippen molar-refractivity contribution in [1.82, 2.24) is 5.32 Å². The third kappa shape index (κ3) is 5.78. The summed E-state index contributed by atoms with van der Waals surface area (Å²) in [6, 6.07) is 16.4. The zero-order chi connectivity index (χ0) is 15.9. The Morgan fingerprint density at radius 1 is 1.17 bits per heavy atom. The number of ether oxygens (including phenoxy) is 2. The van der Waals surface area contributed by atoms with Crippen LogP contribution < -0.4 is 22.5 Å². The zero-order valence-corrected chi connectivity index (χ0v) is 15.9. The Kier molecular flexibility index (Phi) is 8.06. The molecule has 0 spiro atoms. The van der Waals surface area contributed by atoms with Gasteiger partial charge in [0, 0.05) is 29.7 Å². The average molecular weight is 412 g/mol. The van der Waals surface area contributed by atoms with Gasteiger partial charge in [-0.25, -0.2) is 0 Å². The monoisotopic (exact) mass is 410 g/mol. The molecular formula is C19H22BrClNO2-. The number of rotatable bonds is 7. The summed E-state index contributed by atoms with van der Waals surface area (Å²) in [5.41, 5.74) is 2.34. The molecule has 0 radical (unpaired) electrons. The lowest BCUT2D eigenvalue weighted by molar-refractivity contribution is -0.00000615. The Morgan fingerprint density at radius 2 is 2.00 bits per heavy atom. The van der Waals surface area contributed by atoms with E-state index in [4.69, 9.17) is 9.47 Å². The highest BCUT2D eigenvalue weighted by Gasteiger charge is 2.15. The molecule has 2 aromatic rings. The van der Waals surface area contributed by atoms with Crippen molar-refractivity contribution in [3.05, 3.63) is 64.1 Å². The fraction of sp³-hybridized carbons (Fsp3) is 0.368. The van der Waals surface area contributed by atoms with Crippen LogP contribution in [0, 0.1) is 0 Å². The number of hydrogen-bond donors (Lipinski definition) is 1. The number of nitrogens with one attached hydrogen (secondary N) is 1. The van der Waals surface area contributed by atoms with Crippen molar-refractivity contribution in [2.45, 2.75) is 32.1 Å². The largest absolute Gasteiger partial charge is 1.00 e. The van der Waals surface area contributed by atoms with Gasteiger partial charge in [-0.15, -0.1) is 0 Å². The van der Waals surface area contributed by atoms with Crippen LogP contribution in [-0.4, -0.2) is 19.3 Å². The highest BCUT2D eigenvalue weighted by molar-refractivity contribution is 9.10. The lowest BCUT2D eigenvalue weighted by Gasteiger charge is -2.15. The van der Waals surface area contributed by atoms with Gasteiger partial charge in [0.15, 0.2) is 0 Å². The standard InChI is InChI=1S/C19H22BrNO2.ClH/c20-17-8-9-19(23-14-15-5-2-1-3-6-15)16(11-17)12-21-13-18-7-4-10-22-18;/h1-3,5-6,8-9,11,18,21H,4,7,10,12-14H2;1H/p-1. The minimum Gasteiger partial charge on any atom is -1.00 e. The Bertz CT molecular complexity index is 618. The van der Waals surface area contributed by atoms with Crippen molar-refractivity contribution in [1.29, 1.82) is 0 Å². The normalized spacial score (nSPS) is 16.6. The minimum absolute atomic E-state index is 0. The SMILES string of the molecule is Brc1ccc(OCc2ccccc2)c(CNCC2CCCO2)c1.[Cl-]. The predicted molar refractivity (Wildman–Crippen MR) is 95.6 cm³/mol. The molecule has 0 aromatic heterocycles. The molecular weight excluding hydrogens is 390 g/mol. The van der Waals surface area contributed by atoms with Gasteiger partial charge in [-0.3, -0.25) is 0 Å². The first-order valence-electron chi connectivity index (χ1n) is 8.09. The Balaban J connectivity index is 0.00000208. The summed E-state index contributed by atoms with van der Waals surface area (Å²) in [5, 5.41) is 3.48. The second-order valence-electron chi connectivity index (χ2n) is 5.79. The third-order valence-corrected chi connectivity index (χ3v) is 4.46. The van der Waals surface area contributed by atoms with Crippen molar-refractivity contribution >= 4 is 15.9 Å². The molecule has 1 N–H and O–H groups in total. The third-order valence-electron chi connectivity index (χ3n) is 3.97. The lowest BCUT2D eigenvalue weighted by atomic mass is 10.2. The Morgan fingerprint density at radius 3 is 2.75 bits per heavy atom. The molecule has 0 saturated carbocycles. The summed E-state index contributed by atoms with van der Waals surface area (Å²) in [6.45, 7) is 3.16. The maximum atomic E-state index is 6.01. The van der Waals surface area contributed by atoms with E-state index in [1.54, 1.807) is 0 Å². The average Bonchev–Trinajstić information content (AvgIpc) is 3.08. The predicted octanol–water partition coefficient (Wildman–Crippen LogP) is 1.30. The first-order chi connectivity index (χ1) is 11.3. The van der Waals surface area contributed by atoms with E-state index in [9.17, 15) is 0 Å². The zero-order valence-electron chi connectivity index (χ0n) is 13.5. The highest BCUT2D eigenvalue weighted by Crippen LogP contribution is 2.24. The summed E-state index contributed by atoms with van der Waals surface area (Å²) in [5.74, 6) is 0.928. The molecule has 5 heteroatoms. The van der Waals surface area contributed by atoms with Gasteiger partial charge in [-0.1, -0.05) is 46.3 Å². The quantitative estimate of drug-likeness (QED) is 0.745. The molecule has 1 fully saturated rings. The van der Waals surface area contributed by atoms with Crippen LogP contribution >= 0.6 is 15.9 Å². The summed E-state index contributed by atoms with van der Waals surface area (Å²) >= 11 is 3.54. The van der Waals surface area contributed by atoms with Gasteiger partial charge >= 0.3 is 0 Å². The van der Waals surface area contributed by atoms with Crippen LogP contribution in [0.2, 0.25) is 0 Å². The second kappa shape index (κ2) is 10.0. The minimum atomic E-state index is 0. The fourth-order valence-corrected chi connectivity index (χ4v) is 3.14. The van der Waals surface area contributed by atoms with Crippen molar-refractivity contribution in [3.63, 3.8) is 0 Å². The molecule has 3 nitrogen and oxygen atoms in total. The van der Waals surface area contributed by atoms with Crippen LogP contribution in [-0.2, 0) is 17.9 Å². The topological polar surface area (TPSA) is 30.5 Å². The number of hydrogen-bond acceptors (Lipinski definition) is 3. The van der Waals surface area contributed by atoms with Crippen molar-refractivity contribution in [2.24, 2.45) is 0 Å². The van der Waals surface area contributed by atoms with Crippen LogP contribution in [0.15, 0.2) is 53.0 Å². The molecule has 1 aliphatic heterocycles. The van der Waals surface area contributed by atoms with Gasteiger partial charge in [-0.05, 0) is 36.6 Å². The molecule has 1 atom stereocenters. The van der Waals surface area contributed by atoms with Gasteiger partial charge < -0.3 is 27.2 Å². The molecule has 130 valence electrons. The van der Waals surface area contributed by atoms with Gasteiger partial charge in [0.05, 0.1) is 6.10 Å². The molecule has 0 bridgehead atoms. The van der Waals surface area contributed by atoms with E-state index in [1.165, 1.54) is 12.0 Å². The van der Waals surface area contributed by atoms with E-state index in [0.717, 1.165) is 41.9 Å². The molecule has 1 heterocycles. The van der Waals surface area contributed by atoms with Crippen molar-refractivity contribution in [3.8, 4) is 5.75 Å². The van der Waals surface area contributed by atoms with E-state index >= 15 is 0 Å². The molecule has 24 heavy (non-hydrogen) atoms.